The number of fused-ring (bicyclic) bond motifs is 1. The number of carbonyl (C=O) groups excluding carboxylic acids is 2. The Kier molecular flexibility index (Phi) is 4.36. The summed E-state index contributed by atoms with van der Waals surface area (Å²) in [5.41, 5.74) is 10.0. The highest BCUT2D eigenvalue weighted by Crippen LogP contribution is 2.28. The lowest BCUT2D eigenvalue weighted by Gasteiger charge is -2.05. The molecule has 140 valence electrons. The molecule has 4 aromatic rings. The maximum absolute atomic E-state index is 12.7. The van der Waals surface area contributed by atoms with Gasteiger partial charge in [0.1, 0.15) is 11.3 Å². The van der Waals surface area contributed by atoms with Crippen LogP contribution in [-0.4, -0.2) is 31.4 Å². The molecule has 4 rings (SSSR count). The molecule has 0 saturated carbocycles. The topological polar surface area (TPSA) is 115 Å². The third-order valence-electron chi connectivity index (χ3n) is 4.28. The van der Waals surface area contributed by atoms with Crippen molar-refractivity contribution in [1.29, 1.82) is 0 Å². The Bertz CT molecular complexity index is 1230. The van der Waals surface area contributed by atoms with E-state index in [1.54, 1.807) is 0 Å². The molecule has 28 heavy (non-hydrogen) atoms. The summed E-state index contributed by atoms with van der Waals surface area (Å²) in [6, 6.07) is 7.65. The van der Waals surface area contributed by atoms with Gasteiger partial charge in [0.2, 0.25) is 0 Å². The van der Waals surface area contributed by atoms with E-state index in [2.05, 4.69) is 26.4 Å². The minimum Gasteiger partial charge on any atom is -0.365 e. The number of nitrogens with one attached hydrogen (secondary N) is 1. The number of nitrogens with two attached hydrogens (primary N) is 1. The zero-order valence-corrected chi connectivity index (χ0v) is 15.9. The van der Waals surface area contributed by atoms with E-state index in [0.29, 0.717) is 5.13 Å². The van der Waals surface area contributed by atoms with Gasteiger partial charge in [0.05, 0.1) is 11.9 Å². The number of aryl methyl sites for hydroxylation is 2. The largest absolute Gasteiger partial charge is 0.365 e. The van der Waals surface area contributed by atoms with Gasteiger partial charge in [0, 0.05) is 17.1 Å². The number of hydrogen-bond donors (Lipinski definition) is 2. The highest BCUT2D eigenvalue weighted by molar-refractivity contribution is 7.14. The fourth-order valence-electron chi connectivity index (χ4n) is 2.95. The molecule has 0 radical (unpaired) electrons. The maximum atomic E-state index is 12.7. The molecule has 0 bridgehead atoms. The Morgan fingerprint density at radius 1 is 1.21 bits per heavy atom. The Hall–Kier alpha value is -3.59. The second-order valence-corrected chi connectivity index (χ2v) is 7.16. The lowest BCUT2D eigenvalue weighted by Crippen LogP contribution is -2.17. The van der Waals surface area contributed by atoms with Crippen LogP contribution in [0.1, 0.15) is 32.0 Å². The smallest absolute Gasteiger partial charge is 0.276 e. The molecule has 0 aliphatic rings. The summed E-state index contributed by atoms with van der Waals surface area (Å²) in [6.07, 6.45) is 2.73. The standard InChI is InChI=1S/C19H16N6O2S/c1-10-3-4-12(11(2)7-10)14-9-28-19(23-14)24-18(27)15-5-6-21-17-13(16(20)26)8-22-25(15)17/h3-9H,1-2H3,(H2,20,26)(H,23,24,27). The van der Waals surface area contributed by atoms with Gasteiger partial charge in [-0.1, -0.05) is 23.8 Å². The molecule has 3 heterocycles. The molecule has 0 saturated heterocycles. The van der Waals surface area contributed by atoms with Gasteiger partial charge >= 0.3 is 0 Å². The van der Waals surface area contributed by atoms with Crippen LogP contribution in [0.3, 0.4) is 0 Å². The molecule has 8 nitrogen and oxygen atoms in total. The number of hydrogen-bond acceptors (Lipinski definition) is 6. The van der Waals surface area contributed by atoms with Gasteiger partial charge in [-0.3, -0.25) is 14.9 Å². The fraction of sp³-hybridized carbons (Fsp3) is 0.105. The van der Waals surface area contributed by atoms with Crippen LogP contribution in [0.25, 0.3) is 16.9 Å². The van der Waals surface area contributed by atoms with Crippen molar-refractivity contribution < 1.29 is 9.59 Å². The molecule has 0 aliphatic carbocycles. The number of aromatic nitrogens is 4. The minimum atomic E-state index is -0.655. The summed E-state index contributed by atoms with van der Waals surface area (Å²) in [4.78, 5) is 32.8. The van der Waals surface area contributed by atoms with E-state index in [9.17, 15) is 9.59 Å². The first-order valence-electron chi connectivity index (χ1n) is 8.41. The van der Waals surface area contributed by atoms with E-state index < -0.39 is 11.8 Å². The first kappa shape index (κ1) is 17.8. The third kappa shape index (κ3) is 3.12. The molecule has 3 aromatic heterocycles. The Morgan fingerprint density at radius 3 is 2.79 bits per heavy atom. The van der Waals surface area contributed by atoms with Crippen molar-refractivity contribution in [2.75, 3.05) is 5.32 Å². The number of anilines is 1. The lowest BCUT2D eigenvalue weighted by atomic mass is 10.0. The van der Waals surface area contributed by atoms with Crippen molar-refractivity contribution in [3.8, 4) is 11.3 Å². The zero-order chi connectivity index (χ0) is 19.8. The summed E-state index contributed by atoms with van der Waals surface area (Å²) in [7, 11) is 0. The average molecular weight is 392 g/mol. The van der Waals surface area contributed by atoms with Crippen molar-refractivity contribution in [3.63, 3.8) is 0 Å². The van der Waals surface area contributed by atoms with E-state index >= 15 is 0 Å². The molecule has 9 heteroatoms. The van der Waals surface area contributed by atoms with Crippen LogP contribution in [0.15, 0.2) is 42.0 Å². The van der Waals surface area contributed by atoms with Gasteiger partial charge in [-0.05, 0) is 25.5 Å². The average Bonchev–Trinajstić information content (AvgIpc) is 3.28. The summed E-state index contributed by atoms with van der Waals surface area (Å²) in [5.74, 6) is -1.06. The van der Waals surface area contributed by atoms with Gasteiger partial charge in [-0.15, -0.1) is 11.3 Å². The molecule has 0 aliphatic heterocycles. The first-order valence-corrected chi connectivity index (χ1v) is 9.29. The number of nitrogens with zero attached hydrogens (tertiary/aromatic N) is 4. The first-order chi connectivity index (χ1) is 13.4. The van der Waals surface area contributed by atoms with Gasteiger partial charge in [0.15, 0.2) is 10.8 Å². The van der Waals surface area contributed by atoms with Crippen LogP contribution in [0.4, 0.5) is 5.13 Å². The van der Waals surface area contributed by atoms with E-state index in [1.165, 1.54) is 39.9 Å². The number of amides is 2. The SMILES string of the molecule is Cc1ccc(-c2csc(NC(=O)c3ccnc4c(C(N)=O)cnn34)n2)c(C)c1. The summed E-state index contributed by atoms with van der Waals surface area (Å²) in [6.45, 7) is 4.07. The second-order valence-electron chi connectivity index (χ2n) is 6.30. The van der Waals surface area contributed by atoms with Crippen LogP contribution in [0.2, 0.25) is 0 Å². The van der Waals surface area contributed by atoms with Gasteiger partial charge < -0.3 is 5.73 Å². The van der Waals surface area contributed by atoms with E-state index in [-0.39, 0.29) is 16.9 Å². The lowest BCUT2D eigenvalue weighted by molar-refractivity contribution is 0.0996. The highest BCUT2D eigenvalue weighted by Gasteiger charge is 2.18. The third-order valence-corrected chi connectivity index (χ3v) is 5.04. The van der Waals surface area contributed by atoms with E-state index in [1.807, 2.05) is 31.4 Å². The quantitative estimate of drug-likeness (QED) is 0.554. The molecule has 0 unspecified atom stereocenters. The maximum Gasteiger partial charge on any atom is 0.276 e. The van der Waals surface area contributed by atoms with Gasteiger partial charge in [0.25, 0.3) is 11.8 Å². The Labute approximate surface area is 164 Å². The summed E-state index contributed by atoms with van der Waals surface area (Å²) in [5, 5.41) is 9.19. The molecule has 3 N–H and O–H groups in total. The predicted octanol–water partition coefficient (Wildman–Crippen LogP) is 2.82. The molecule has 0 atom stereocenters. The van der Waals surface area contributed by atoms with E-state index in [0.717, 1.165) is 16.8 Å². The van der Waals surface area contributed by atoms with Crippen molar-refractivity contribution in [3.05, 3.63) is 64.4 Å². The summed E-state index contributed by atoms with van der Waals surface area (Å²) < 4.78 is 1.29. The van der Waals surface area contributed by atoms with Crippen molar-refractivity contribution in [1.82, 2.24) is 19.6 Å². The van der Waals surface area contributed by atoms with Gasteiger partial charge in [-0.25, -0.2) is 14.5 Å². The van der Waals surface area contributed by atoms with E-state index in [4.69, 9.17) is 5.73 Å². The zero-order valence-electron chi connectivity index (χ0n) is 15.1. The van der Waals surface area contributed by atoms with Crippen LogP contribution >= 0.6 is 11.3 Å². The van der Waals surface area contributed by atoms with Crippen LogP contribution in [0, 0.1) is 13.8 Å². The number of carbonyl (C=O) groups is 2. The normalized spacial score (nSPS) is 10.9. The minimum absolute atomic E-state index is 0.154. The van der Waals surface area contributed by atoms with Crippen LogP contribution < -0.4 is 11.1 Å². The van der Waals surface area contributed by atoms with Crippen LogP contribution in [0.5, 0.6) is 0 Å². The molecular formula is C19H16N6O2S. The molecule has 0 spiro atoms. The Morgan fingerprint density at radius 2 is 2.04 bits per heavy atom. The number of primary amides is 1. The molecule has 1 aromatic carbocycles. The Balaban J connectivity index is 1.62. The molecule has 0 fully saturated rings. The van der Waals surface area contributed by atoms with Crippen molar-refractivity contribution in [2.45, 2.75) is 13.8 Å². The summed E-state index contributed by atoms with van der Waals surface area (Å²) >= 11 is 1.33. The van der Waals surface area contributed by atoms with Crippen LogP contribution in [-0.2, 0) is 0 Å². The highest BCUT2D eigenvalue weighted by atomic mass is 32.1. The monoisotopic (exact) mass is 392 g/mol. The van der Waals surface area contributed by atoms with Crippen molar-refractivity contribution in [2.24, 2.45) is 5.73 Å². The molecular weight excluding hydrogens is 376 g/mol. The second kappa shape index (κ2) is 6.86. The fourth-order valence-corrected chi connectivity index (χ4v) is 3.66. The van der Waals surface area contributed by atoms with Crippen molar-refractivity contribution >= 4 is 33.9 Å². The molecule has 2 amide bonds. The predicted molar refractivity (Wildman–Crippen MR) is 106 cm³/mol. The van der Waals surface area contributed by atoms with Gasteiger partial charge in [-0.2, -0.15) is 5.10 Å². The number of thiazole rings is 1. The number of benzene rings is 1. The number of rotatable bonds is 4.